The molecule has 6 heteroatoms. The van der Waals surface area contributed by atoms with Crippen LogP contribution in [-0.4, -0.2) is 26.1 Å². The van der Waals surface area contributed by atoms with Gasteiger partial charge in [-0.2, -0.15) is 5.10 Å². The summed E-state index contributed by atoms with van der Waals surface area (Å²) in [4.78, 5) is 15.3. The number of allylic oxidation sites excluding steroid dienone is 1. The molecule has 2 aromatic rings. The van der Waals surface area contributed by atoms with Gasteiger partial charge in [0.1, 0.15) is 12.1 Å². The van der Waals surface area contributed by atoms with E-state index >= 15 is 0 Å². The Morgan fingerprint density at radius 1 is 1.62 bits per heavy atom. The minimum atomic E-state index is -0.275. The van der Waals surface area contributed by atoms with E-state index in [2.05, 4.69) is 26.6 Å². The van der Waals surface area contributed by atoms with E-state index in [9.17, 15) is 4.79 Å². The third kappa shape index (κ3) is 2.10. The summed E-state index contributed by atoms with van der Waals surface area (Å²) in [5.41, 5.74) is 0.288. The molecular formula is C10H13N5O. The molecule has 0 aliphatic carbocycles. The maximum atomic E-state index is 11.2. The number of aromatic nitrogens is 4. The van der Waals surface area contributed by atoms with Crippen molar-refractivity contribution in [3.63, 3.8) is 0 Å². The Kier molecular flexibility index (Phi) is 3.00. The average Bonchev–Trinajstić information content (AvgIpc) is 2.66. The Morgan fingerprint density at radius 2 is 2.50 bits per heavy atom. The highest BCUT2D eigenvalue weighted by Gasteiger charge is 2.00. The predicted octanol–water partition coefficient (Wildman–Crippen LogP) is 0.796. The van der Waals surface area contributed by atoms with E-state index in [4.69, 9.17) is 0 Å². The normalized spacial score (nSPS) is 11.3. The van der Waals surface area contributed by atoms with Crippen molar-refractivity contribution in [3.05, 3.63) is 35.0 Å². The monoisotopic (exact) mass is 219 g/mol. The highest BCUT2D eigenvalue weighted by molar-refractivity contribution is 5.48. The molecule has 0 amide bonds. The van der Waals surface area contributed by atoms with Crippen LogP contribution in [0.3, 0.4) is 0 Å². The Hall–Kier alpha value is -2.11. The first-order valence-electron chi connectivity index (χ1n) is 5.09. The minimum Gasteiger partial charge on any atom is -0.370 e. The van der Waals surface area contributed by atoms with Crippen LogP contribution in [0.4, 0.5) is 5.82 Å². The molecule has 2 N–H and O–H groups in total. The van der Waals surface area contributed by atoms with E-state index in [0.717, 1.165) is 18.8 Å². The number of H-pyrrole nitrogens is 1. The van der Waals surface area contributed by atoms with Gasteiger partial charge >= 0.3 is 5.69 Å². The van der Waals surface area contributed by atoms with Gasteiger partial charge in [-0.3, -0.25) is 0 Å². The van der Waals surface area contributed by atoms with E-state index in [0.29, 0.717) is 5.65 Å². The first-order valence-corrected chi connectivity index (χ1v) is 5.09. The number of hydrogen-bond donors (Lipinski definition) is 2. The lowest BCUT2D eigenvalue weighted by molar-refractivity contribution is 0.985. The van der Waals surface area contributed by atoms with Crippen molar-refractivity contribution in [1.82, 2.24) is 19.6 Å². The summed E-state index contributed by atoms with van der Waals surface area (Å²) in [5.74, 6) is 0.719. The molecule has 2 rings (SSSR count). The molecule has 0 aliphatic heterocycles. The number of fused-ring (bicyclic) bond motifs is 1. The fourth-order valence-electron chi connectivity index (χ4n) is 1.36. The van der Waals surface area contributed by atoms with Gasteiger partial charge < -0.3 is 5.32 Å². The number of nitrogens with zero attached hydrogens (tertiary/aromatic N) is 3. The van der Waals surface area contributed by atoms with Crippen LogP contribution in [0.5, 0.6) is 0 Å². The molecule has 0 unspecified atom stereocenters. The van der Waals surface area contributed by atoms with Crippen molar-refractivity contribution >= 4 is 11.5 Å². The van der Waals surface area contributed by atoms with Crippen LogP contribution in [0.1, 0.15) is 13.3 Å². The molecule has 0 fully saturated rings. The Bertz CT molecular complexity index is 554. The van der Waals surface area contributed by atoms with Crippen molar-refractivity contribution in [2.24, 2.45) is 0 Å². The second kappa shape index (κ2) is 4.61. The summed E-state index contributed by atoms with van der Waals surface area (Å²) in [7, 11) is 0. The largest absolute Gasteiger partial charge is 0.370 e. The summed E-state index contributed by atoms with van der Waals surface area (Å²) in [6.07, 6.45) is 6.48. The van der Waals surface area contributed by atoms with Gasteiger partial charge in [-0.05, 0) is 13.3 Å². The topological polar surface area (TPSA) is 75.1 Å². The van der Waals surface area contributed by atoms with Gasteiger partial charge in [0.2, 0.25) is 0 Å². The highest BCUT2D eigenvalue weighted by atomic mass is 16.1. The van der Waals surface area contributed by atoms with Gasteiger partial charge in [-0.1, -0.05) is 12.2 Å². The van der Waals surface area contributed by atoms with Gasteiger partial charge in [0.05, 0.1) is 0 Å². The van der Waals surface area contributed by atoms with Crippen molar-refractivity contribution in [2.75, 3.05) is 11.9 Å². The van der Waals surface area contributed by atoms with Gasteiger partial charge in [0, 0.05) is 12.6 Å². The number of hydrogen-bond acceptors (Lipinski definition) is 4. The number of nitrogens with one attached hydrogen (secondary N) is 2. The van der Waals surface area contributed by atoms with Crippen LogP contribution in [-0.2, 0) is 0 Å². The molecule has 0 radical (unpaired) electrons. The summed E-state index contributed by atoms with van der Waals surface area (Å²) in [6, 6.07) is 1.73. The molecule has 0 saturated heterocycles. The van der Waals surface area contributed by atoms with Crippen molar-refractivity contribution in [3.8, 4) is 0 Å². The highest BCUT2D eigenvalue weighted by Crippen LogP contribution is 2.03. The standard InChI is InChI=1S/C10H13N5O/c1-2-3-4-5-11-8-6-9-13-14-10(16)15(9)7-12-8/h2-3,6-7,11H,4-5H2,1H3,(H,14,16)/b3-2+. The second-order valence-corrected chi connectivity index (χ2v) is 3.32. The number of rotatable bonds is 4. The van der Waals surface area contributed by atoms with Crippen LogP contribution in [0.25, 0.3) is 5.65 Å². The maximum Gasteiger partial charge on any atom is 0.348 e. The summed E-state index contributed by atoms with van der Waals surface area (Å²) >= 11 is 0. The zero-order chi connectivity index (χ0) is 11.4. The van der Waals surface area contributed by atoms with Gasteiger partial charge in [-0.25, -0.2) is 19.3 Å². The minimum absolute atomic E-state index is 0.275. The summed E-state index contributed by atoms with van der Waals surface area (Å²) in [6.45, 7) is 2.79. The smallest absolute Gasteiger partial charge is 0.348 e. The van der Waals surface area contributed by atoms with Gasteiger partial charge in [-0.15, -0.1) is 0 Å². The Morgan fingerprint density at radius 3 is 3.31 bits per heavy atom. The molecule has 0 bridgehead atoms. The van der Waals surface area contributed by atoms with E-state index < -0.39 is 0 Å². The average molecular weight is 219 g/mol. The van der Waals surface area contributed by atoms with Crippen LogP contribution in [0.2, 0.25) is 0 Å². The maximum absolute atomic E-state index is 11.2. The fourth-order valence-corrected chi connectivity index (χ4v) is 1.36. The number of anilines is 1. The van der Waals surface area contributed by atoms with Crippen molar-refractivity contribution in [1.29, 1.82) is 0 Å². The fraction of sp³-hybridized carbons (Fsp3) is 0.300. The SMILES string of the molecule is C/C=C/CCNc1cc2n[nH]c(=O)n2cn1. The molecule has 84 valence electrons. The van der Waals surface area contributed by atoms with Crippen LogP contribution >= 0.6 is 0 Å². The zero-order valence-electron chi connectivity index (χ0n) is 8.97. The van der Waals surface area contributed by atoms with Gasteiger partial charge in [0.15, 0.2) is 5.65 Å². The first kappa shape index (κ1) is 10.4. The predicted molar refractivity (Wildman–Crippen MR) is 61.5 cm³/mol. The molecule has 2 aromatic heterocycles. The van der Waals surface area contributed by atoms with Crippen LogP contribution in [0, 0.1) is 0 Å². The van der Waals surface area contributed by atoms with Crippen molar-refractivity contribution in [2.45, 2.75) is 13.3 Å². The quantitative estimate of drug-likeness (QED) is 0.589. The molecule has 0 atom stereocenters. The Balaban J connectivity index is 2.11. The van der Waals surface area contributed by atoms with Gasteiger partial charge in [0.25, 0.3) is 0 Å². The molecule has 16 heavy (non-hydrogen) atoms. The molecule has 0 saturated carbocycles. The molecule has 0 aromatic carbocycles. The first-order chi connectivity index (χ1) is 7.81. The van der Waals surface area contributed by atoms with Crippen LogP contribution in [0.15, 0.2) is 29.3 Å². The zero-order valence-corrected chi connectivity index (χ0v) is 8.97. The van der Waals surface area contributed by atoms with E-state index in [1.165, 1.54) is 10.7 Å². The van der Waals surface area contributed by atoms with E-state index in [1.807, 2.05) is 13.0 Å². The van der Waals surface area contributed by atoms with E-state index in [-0.39, 0.29) is 5.69 Å². The van der Waals surface area contributed by atoms with E-state index in [1.54, 1.807) is 6.07 Å². The third-order valence-electron chi connectivity index (χ3n) is 2.16. The number of aromatic amines is 1. The lowest BCUT2D eigenvalue weighted by Crippen LogP contribution is -2.10. The Labute approximate surface area is 92.0 Å². The van der Waals surface area contributed by atoms with Crippen molar-refractivity contribution < 1.29 is 0 Å². The molecule has 6 nitrogen and oxygen atoms in total. The van der Waals surface area contributed by atoms with Crippen LogP contribution < -0.4 is 11.0 Å². The summed E-state index contributed by atoms with van der Waals surface area (Å²) in [5, 5.41) is 9.36. The molecule has 2 heterocycles. The molecule has 0 spiro atoms. The lowest BCUT2D eigenvalue weighted by atomic mass is 10.4. The second-order valence-electron chi connectivity index (χ2n) is 3.32. The summed E-state index contributed by atoms with van der Waals surface area (Å²) < 4.78 is 1.36. The third-order valence-corrected chi connectivity index (χ3v) is 2.16. The molecular weight excluding hydrogens is 206 g/mol. The molecule has 0 aliphatic rings. The lowest BCUT2D eigenvalue weighted by Gasteiger charge is -2.02.